The van der Waals surface area contributed by atoms with Crippen molar-refractivity contribution in [3.63, 3.8) is 0 Å². The average molecular weight is 594 g/mol. The molecule has 1 saturated carbocycles. The van der Waals surface area contributed by atoms with Gasteiger partial charge in [0.15, 0.2) is 11.6 Å². The smallest absolute Gasteiger partial charge is 0.251 e. The van der Waals surface area contributed by atoms with Gasteiger partial charge in [0.05, 0.1) is 24.5 Å². The number of pyridine rings is 1. The molecule has 226 valence electrons. The first-order valence-corrected chi connectivity index (χ1v) is 13.8. The summed E-state index contributed by atoms with van der Waals surface area (Å²) in [6.45, 7) is 2.80. The van der Waals surface area contributed by atoms with Crippen molar-refractivity contribution in [1.29, 1.82) is 0 Å². The van der Waals surface area contributed by atoms with Gasteiger partial charge in [0.25, 0.3) is 5.91 Å². The topological polar surface area (TPSA) is 148 Å². The molecule has 2 heterocycles. The van der Waals surface area contributed by atoms with E-state index in [1.54, 1.807) is 19.2 Å². The first-order valence-electron chi connectivity index (χ1n) is 13.8. The minimum absolute atomic E-state index is 0.00915. The van der Waals surface area contributed by atoms with Crippen molar-refractivity contribution in [3.8, 4) is 22.8 Å². The predicted molar refractivity (Wildman–Crippen MR) is 157 cm³/mol. The van der Waals surface area contributed by atoms with Crippen molar-refractivity contribution in [2.45, 2.75) is 44.2 Å². The van der Waals surface area contributed by atoms with Gasteiger partial charge >= 0.3 is 0 Å². The number of hydrogen-bond acceptors (Lipinski definition) is 8. The van der Waals surface area contributed by atoms with Crippen LogP contribution in [0.1, 0.15) is 58.6 Å². The second kappa shape index (κ2) is 11.6. The number of halogens is 2. The molecule has 43 heavy (non-hydrogen) atoms. The summed E-state index contributed by atoms with van der Waals surface area (Å²) in [6.07, 6.45) is 2.31. The summed E-state index contributed by atoms with van der Waals surface area (Å²) < 4.78 is 39.7. The number of ether oxygens (including phenoxy) is 2. The summed E-state index contributed by atoms with van der Waals surface area (Å²) >= 11 is 0. The van der Waals surface area contributed by atoms with E-state index in [0.29, 0.717) is 22.6 Å². The maximum Gasteiger partial charge on any atom is 0.251 e. The number of rotatable bonds is 9. The fraction of sp³-hybridized carbons (Fsp3) is 0.355. The van der Waals surface area contributed by atoms with Crippen LogP contribution in [0, 0.1) is 18.6 Å². The monoisotopic (exact) mass is 593 g/mol. The molecular formula is C31H33F2N5O5. The number of aliphatic hydroxyl groups is 1. The fourth-order valence-electron chi connectivity index (χ4n) is 4.99. The number of anilines is 1. The Balaban J connectivity index is 1.47. The lowest BCUT2D eigenvalue weighted by Gasteiger charge is -2.22. The molecule has 1 aromatic heterocycles. The minimum atomic E-state index is -1.33. The molecule has 0 unspecified atom stereocenters. The van der Waals surface area contributed by atoms with Crippen LogP contribution >= 0.6 is 0 Å². The minimum Gasteiger partial charge on any atom is -0.495 e. The molecule has 1 aliphatic heterocycles. The molecule has 1 aliphatic carbocycles. The normalized spacial score (nSPS) is 18.2. The van der Waals surface area contributed by atoms with Crippen LogP contribution in [0.3, 0.4) is 0 Å². The molecule has 0 bridgehead atoms. The first-order chi connectivity index (χ1) is 20.5. The van der Waals surface area contributed by atoms with Gasteiger partial charge in [0.2, 0.25) is 5.91 Å². The molecule has 5 N–H and O–H groups in total. The molecule has 1 fully saturated rings. The number of nitrogens with two attached hydrogens (primary N) is 1. The zero-order valence-electron chi connectivity index (χ0n) is 24.3. The molecule has 2 atom stereocenters. The Morgan fingerprint density at radius 1 is 1.30 bits per heavy atom. The lowest BCUT2D eigenvalue weighted by molar-refractivity contribution is -0.126. The SMILES string of the molecule is CNC(=O)[C@@]1(C)COc2c1cc([C@H](O)CNC(=O)c1cc(C=NC3CC3)c(N)c(OC)c1)nc2-c1ccc(F)c(F)c1C. The zero-order chi connectivity index (χ0) is 31.1. The van der Waals surface area contributed by atoms with Crippen molar-refractivity contribution in [2.75, 3.05) is 33.0 Å². The molecule has 12 heteroatoms. The van der Waals surface area contributed by atoms with Crippen LogP contribution in [0.2, 0.25) is 0 Å². The van der Waals surface area contributed by atoms with Crippen LogP contribution < -0.4 is 25.8 Å². The number of amides is 2. The van der Waals surface area contributed by atoms with E-state index < -0.39 is 29.1 Å². The van der Waals surface area contributed by atoms with Gasteiger partial charge in [-0.15, -0.1) is 0 Å². The molecular weight excluding hydrogens is 560 g/mol. The van der Waals surface area contributed by atoms with E-state index in [1.807, 2.05) is 0 Å². The Kier molecular flexibility index (Phi) is 8.06. The number of fused-ring (bicyclic) bond motifs is 1. The lowest BCUT2D eigenvalue weighted by atomic mass is 9.82. The summed E-state index contributed by atoms with van der Waals surface area (Å²) in [5, 5.41) is 16.5. The maximum absolute atomic E-state index is 14.6. The molecule has 0 radical (unpaired) electrons. The van der Waals surface area contributed by atoms with Crippen LogP contribution in [0.15, 0.2) is 35.3 Å². The van der Waals surface area contributed by atoms with E-state index in [9.17, 15) is 23.5 Å². The molecule has 0 spiro atoms. The number of aliphatic hydroxyl groups excluding tert-OH is 1. The molecule has 2 aliphatic rings. The number of carbonyl (C=O) groups excluding carboxylic acids is 2. The number of aliphatic imine (C=N–C) groups is 1. The third-order valence-electron chi connectivity index (χ3n) is 7.84. The first kappa shape index (κ1) is 29.9. The van der Waals surface area contributed by atoms with Gasteiger partial charge < -0.3 is 30.9 Å². The summed E-state index contributed by atoms with van der Waals surface area (Å²) in [6, 6.07) is 7.22. The highest BCUT2D eigenvalue weighted by atomic mass is 19.2. The van der Waals surface area contributed by atoms with Crippen molar-refractivity contribution >= 4 is 23.7 Å². The Labute approximate surface area is 247 Å². The zero-order valence-corrected chi connectivity index (χ0v) is 24.3. The van der Waals surface area contributed by atoms with Gasteiger partial charge in [0, 0.05) is 42.1 Å². The van der Waals surface area contributed by atoms with Crippen LogP contribution in [0.4, 0.5) is 14.5 Å². The predicted octanol–water partition coefficient (Wildman–Crippen LogP) is 3.37. The van der Waals surface area contributed by atoms with Crippen LogP contribution in [0.5, 0.6) is 11.5 Å². The van der Waals surface area contributed by atoms with E-state index in [2.05, 4.69) is 20.6 Å². The van der Waals surface area contributed by atoms with Gasteiger partial charge in [-0.2, -0.15) is 0 Å². The number of methoxy groups -OCH3 is 1. The highest BCUT2D eigenvalue weighted by molar-refractivity contribution is 5.99. The van der Waals surface area contributed by atoms with E-state index in [1.165, 1.54) is 39.3 Å². The number of nitrogen functional groups attached to an aromatic ring is 1. The van der Waals surface area contributed by atoms with Crippen LogP contribution in [-0.2, 0) is 10.2 Å². The molecule has 0 saturated heterocycles. The second-order valence-corrected chi connectivity index (χ2v) is 10.9. The standard InChI is InChI=1S/C31H33F2N5O5/c1-15-19(7-8-21(32)25(15)33)27-28-20(31(2,14-43-28)30(41)35-3)11-22(38-27)23(39)13-37-29(40)16-9-17(12-36-18-5-6-18)26(34)24(10-16)42-4/h7-12,18,23,39H,5-6,13-14,34H2,1-4H3,(H,35,41)(H,37,40)/t23-,31+/m1/s1. The van der Waals surface area contributed by atoms with Gasteiger partial charge in [0.1, 0.15) is 35.3 Å². The largest absolute Gasteiger partial charge is 0.495 e. The molecule has 10 nitrogen and oxygen atoms in total. The number of hydrogen-bond donors (Lipinski definition) is 4. The number of likely N-dealkylation sites (N-methyl/N-ethyl adjacent to an activating group) is 1. The quantitative estimate of drug-likeness (QED) is 0.220. The molecule has 2 aromatic carbocycles. The third kappa shape index (κ3) is 5.62. The average Bonchev–Trinajstić information content (AvgIpc) is 3.78. The van der Waals surface area contributed by atoms with E-state index >= 15 is 0 Å². The highest BCUT2D eigenvalue weighted by Gasteiger charge is 2.45. The van der Waals surface area contributed by atoms with Gasteiger partial charge in [-0.3, -0.25) is 14.6 Å². The van der Waals surface area contributed by atoms with Crippen LogP contribution in [0.25, 0.3) is 11.3 Å². The Bertz CT molecular complexity index is 1640. The highest BCUT2D eigenvalue weighted by Crippen LogP contribution is 2.46. The lowest BCUT2D eigenvalue weighted by Crippen LogP contribution is -2.42. The number of benzene rings is 2. The Hall–Kier alpha value is -4.58. The van der Waals surface area contributed by atoms with Gasteiger partial charge in [-0.05, 0) is 62.6 Å². The van der Waals surface area contributed by atoms with Crippen molar-refractivity contribution in [1.82, 2.24) is 15.6 Å². The van der Waals surface area contributed by atoms with Gasteiger partial charge in [-0.1, -0.05) is 0 Å². The van der Waals surface area contributed by atoms with Crippen molar-refractivity contribution < 1.29 is 33.0 Å². The summed E-state index contributed by atoms with van der Waals surface area (Å²) in [4.78, 5) is 35.0. The number of nitrogens with zero attached hydrogens (tertiary/aromatic N) is 2. The number of aromatic nitrogens is 1. The second-order valence-electron chi connectivity index (χ2n) is 10.9. The van der Waals surface area contributed by atoms with Crippen LogP contribution in [-0.4, -0.2) is 61.5 Å². The number of nitrogens with one attached hydrogen (secondary N) is 2. The summed E-state index contributed by atoms with van der Waals surface area (Å²) in [5.41, 5.74) is 7.07. The Morgan fingerprint density at radius 2 is 2.05 bits per heavy atom. The van der Waals surface area contributed by atoms with Gasteiger partial charge in [-0.25, -0.2) is 13.8 Å². The molecule has 2 amide bonds. The molecule has 5 rings (SSSR count). The van der Waals surface area contributed by atoms with E-state index in [-0.39, 0.29) is 58.9 Å². The van der Waals surface area contributed by atoms with E-state index in [4.69, 9.17) is 15.2 Å². The third-order valence-corrected chi connectivity index (χ3v) is 7.84. The summed E-state index contributed by atoms with van der Waals surface area (Å²) in [5.74, 6) is -2.36. The summed E-state index contributed by atoms with van der Waals surface area (Å²) in [7, 11) is 2.94. The number of carbonyl (C=O) groups is 2. The Morgan fingerprint density at radius 3 is 2.72 bits per heavy atom. The van der Waals surface area contributed by atoms with Crippen molar-refractivity contribution in [2.24, 2.45) is 4.99 Å². The van der Waals surface area contributed by atoms with Crippen molar-refractivity contribution in [3.05, 3.63) is 69.9 Å². The molecule has 3 aromatic rings. The maximum atomic E-state index is 14.6. The van der Waals surface area contributed by atoms with E-state index in [0.717, 1.165) is 18.9 Å². The fourth-order valence-corrected chi connectivity index (χ4v) is 4.99.